The van der Waals surface area contributed by atoms with Gasteiger partial charge in [-0.1, -0.05) is 30.3 Å². The van der Waals surface area contributed by atoms with Crippen LogP contribution in [0, 0.1) is 20.2 Å². The molecule has 2 aromatic carbocycles. The number of rotatable bonds is 8. The van der Waals surface area contributed by atoms with Crippen molar-refractivity contribution in [2.45, 2.75) is 12.8 Å². The molecule has 0 aliphatic rings. The molecule has 0 unspecified atom stereocenters. The maximum absolute atomic E-state index is 11.2. The Hall–Kier alpha value is -3.00. The summed E-state index contributed by atoms with van der Waals surface area (Å²) in [6.45, 7) is 0. The van der Waals surface area contributed by atoms with E-state index in [1.165, 1.54) is 12.1 Å². The number of nitrogens with zero attached hydrogens (tertiary/aromatic N) is 3. The molecular weight excluding hydrogens is 348 g/mol. The Morgan fingerprint density at radius 1 is 1.08 bits per heavy atom. The normalized spacial score (nSPS) is 11.2. The molecule has 0 aliphatic carbocycles. The number of hydrogen-bond donors (Lipinski definition) is 1. The van der Waals surface area contributed by atoms with Gasteiger partial charge in [-0.3, -0.25) is 25.7 Å². The van der Waals surface area contributed by atoms with Crippen LogP contribution in [-0.4, -0.2) is 21.4 Å². The maximum atomic E-state index is 11.2. The van der Waals surface area contributed by atoms with Crippen molar-refractivity contribution < 1.29 is 9.85 Å². The summed E-state index contributed by atoms with van der Waals surface area (Å²) in [4.78, 5) is 20.6. The maximum Gasteiger partial charge on any atom is 0.301 e. The number of alkyl halides is 1. The fourth-order valence-corrected chi connectivity index (χ4v) is 2.27. The number of hydrogen-bond acceptors (Lipinski definition) is 6. The molecule has 0 bridgehead atoms. The first-order valence-corrected chi connectivity index (χ1v) is 7.93. The van der Waals surface area contributed by atoms with E-state index in [0.29, 0.717) is 24.4 Å². The van der Waals surface area contributed by atoms with E-state index < -0.39 is 15.5 Å². The number of nitro benzene ring substituents is 2. The van der Waals surface area contributed by atoms with E-state index in [1.54, 1.807) is 0 Å². The number of benzene rings is 2. The minimum Gasteiger partial charge on any atom is -0.271 e. The fraction of sp³-hybridized carbons (Fsp3) is 0.188. The van der Waals surface area contributed by atoms with Gasteiger partial charge in [0.05, 0.1) is 21.6 Å². The largest absolute Gasteiger partial charge is 0.301 e. The van der Waals surface area contributed by atoms with Gasteiger partial charge in [0.1, 0.15) is 5.69 Å². The van der Waals surface area contributed by atoms with Gasteiger partial charge in [0, 0.05) is 11.9 Å². The Bertz CT molecular complexity index is 796. The van der Waals surface area contributed by atoms with Crippen molar-refractivity contribution in [2.75, 3.05) is 11.3 Å². The Balaban J connectivity index is 2.33. The molecule has 25 heavy (non-hydrogen) atoms. The van der Waals surface area contributed by atoms with Crippen LogP contribution >= 0.6 is 11.6 Å². The number of halogens is 1. The first-order chi connectivity index (χ1) is 12.0. The lowest BCUT2D eigenvalue weighted by Gasteiger charge is -2.08. The van der Waals surface area contributed by atoms with Gasteiger partial charge >= 0.3 is 5.69 Å². The molecular formula is C16H15ClN4O4. The molecule has 130 valence electrons. The predicted octanol–water partition coefficient (Wildman–Crippen LogP) is 4.34. The third-order valence-electron chi connectivity index (χ3n) is 3.35. The monoisotopic (exact) mass is 362 g/mol. The second-order valence-corrected chi connectivity index (χ2v) is 5.42. The van der Waals surface area contributed by atoms with Crippen molar-refractivity contribution in [3.63, 3.8) is 0 Å². The Morgan fingerprint density at radius 3 is 2.40 bits per heavy atom. The van der Waals surface area contributed by atoms with Gasteiger partial charge < -0.3 is 0 Å². The van der Waals surface area contributed by atoms with Crippen molar-refractivity contribution in [3.8, 4) is 0 Å². The zero-order valence-electron chi connectivity index (χ0n) is 13.1. The molecule has 0 spiro atoms. The third kappa shape index (κ3) is 4.98. The summed E-state index contributed by atoms with van der Waals surface area (Å²) >= 11 is 5.74. The summed E-state index contributed by atoms with van der Waals surface area (Å²) in [5.74, 6) is 0.462. The highest BCUT2D eigenvalue weighted by atomic mass is 35.5. The van der Waals surface area contributed by atoms with Crippen LogP contribution < -0.4 is 5.43 Å². The SMILES string of the molecule is O=[N+]([O-])c1ccc(N/N=C(/CCCCl)c2ccccc2)c([N+](=O)[O-])c1. The van der Waals surface area contributed by atoms with Gasteiger partial charge in [0.15, 0.2) is 0 Å². The first kappa shape index (κ1) is 18.3. The summed E-state index contributed by atoms with van der Waals surface area (Å²) in [6.07, 6.45) is 1.28. The zero-order valence-corrected chi connectivity index (χ0v) is 13.8. The molecule has 1 N–H and O–H groups in total. The van der Waals surface area contributed by atoms with Gasteiger partial charge in [-0.15, -0.1) is 11.6 Å². The van der Waals surface area contributed by atoms with Crippen LogP contribution in [-0.2, 0) is 0 Å². The highest BCUT2D eigenvalue weighted by molar-refractivity contribution is 6.18. The number of nitro groups is 2. The van der Waals surface area contributed by atoms with Gasteiger partial charge in [-0.2, -0.15) is 5.10 Å². The zero-order chi connectivity index (χ0) is 18.2. The first-order valence-electron chi connectivity index (χ1n) is 7.39. The fourth-order valence-electron chi connectivity index (χ4n) is 2.14. The molecule has 2 rings (SSSR count). The Labute approximate surface area is 148 Å². The third-order valence-corrected chi connectivity index (χ3v) is 3.62. The van der Waals surface area contributed by atoms with E-state index >= 15 is 0 Å². The van der Waals surface area contributed by atoms with Crippen LogP contribution in [0.3, 0.4) is 0 Å². The molecule has 8 nitrogen and oxygen atoms in total. The van der Waals surface area contributed by atoms with E-state index in [4.69, 9.17) is 11.6 Å². The molecule has 9 heteroatoms. The Morgan fingerprint density at radius 2 is 1.80 bits per heavy atom. The van der Waals surface area contributed by atoms with E-state index in [1.807, 2.05) is 30.3 Å². The molecule has 0 saturated heterocycles. The Kier molecular flexibility index (Phi) is 6.41. The highest BCUT2D eigenvalue weighted by Crippen LogP contribution is 2.29. The lowest BCUT2D eigenvalue weighted by atomic mass is 10.1. The van der Waals surface area contributed by atoms with Crippen molar-refractivity contribution in [1.29, 1.82) is 0 Å². The smallest absolute Gasteiger partial charge is 0.271 e. The van der Waals surface area contributed by atoms with E-state index in [9.17, 15) is 20.2 Å². The van der Waals surface area contributed by atoms with Crippen LogP contribution in [0.2, 0.25) is 0 Å². The minimum absolute atomic E-state index is 0.0786. The number of nitrogens with one attached hydrogen (secondary N) is 1. The van der Waals surface area contributed by atoms with Crippen molar-refractivity contribution in [3.05, 3.63) is 74.3 Å². The van der Waals surface area contributed by atoms with Gasteiger partial charge in [0.25, 0.3) is 5.69 Å². The lowest BCUT2D eigenvalue weighted by Crippen LogP contribution is -2.06. The summed E-state index contributed by atoms with van der Waals surface area (Å²) in [6, 6.07) is 12.7. The summed E-state index contributed by atoms with van der Waals surface area (Å²) < 4.78 is 0. The standard InChI is InChI=1S/C16H15ClN4O4/c17-10-4-7-14(12-5-2-1-3-6-12)18-19-15-9-8-13(20(22)23)11-16(15)21(24)25/h1-3,5-6,8-9,11,19H,4,7,10H2/b18-14-. The quantitative estimate of drug-likeness (QED) is 0.325. The number of non-ortho nitro benzene ring substituents is 1. The van der Waals surface area contributed by atoms with Crippen molar-refractivity contribution in [2.24, 2.45) is 5.10 Å². The molecule has 0 atom stereocenters. The summed E-state index contributed by atoms with van der Waals surface area (Å²) in [5.41, 5.74) is 3.51. The highest BCUT2D eigenvalue weighted by Gasteiger charge is 2.19. The molecule has 0 saturated carbocycles. The average molecular weight is 363 g/mol. The van der Waals surface area contributed by atoms with E-state index in [2.05, 4.69) is 10.5 Å². The van der Waals surface area contributed by atoms with Crippen LogP contribution in [0.15, 0.2) is 53.6 Å². The average Bonchev–Trinajstić information content (AvgIpc) is 2.62. The molecule has 0 radical (unpaired) electrons. The van der Waals surface area contributed by atoms with E-state index in [-0.39, 0.29) is 11.4 Å². The van der Waals surface area contributed by atoms with Crippen molar-refractivity contribution in [1.82, 2.24) is 0 Å². The summed E-state index contributed by atoms with van der Waals surface area (Å²) in [5, 5.41) is 26.2. The van der Waals surface area contributed by atoms with Gasteiger partial charge in [-0.25, -0.2) is 0 Å². The second kappa shape index (κ2) is 8.74. The van der Waals surface area contributed by atoms with Crippen LogP contribution in [0.5, 0.6) is 0 Å². The second-order valence-electron chi connectivity index (χ2n) is 5.04. The molecule has 0 aliphatic heterocycles. The number of hydrazone groups is 1. The van der Waals surface area contributed by atoms with Crippen LogP contribution in [0.1, 0.15) is 18.4 Å². The summed E-state index contributed by atoms with van der Waals surface area (Å²) in [7, 11) is 0. The molecule has 2 aromatic rings. The number of anilines is 1. The molecule has 0 aromatic heterocycles. The van der Waals surface area contributed by atoms with Crippen LogP contribution in [0.25, 0.3) is 0 Å². The van der Waals surface area contributed by atoms with Gasteiger partial charge in [0.2, 0.25) is 0 Å². The minimum atomic E-state index is -0.689. The van der Waals surface area contributed by atoms with Crippen LogP contribution in [0.4, 0.5) is 17.1 Å². The molecule has 0 heterocycles. The van der Waals surface area contributed by atoms with E-state index in [0.717, 1.165) is 11.6 Å². The topological polar surface area (TPSA) is 111 Å². The molecule has 0 fully saturated rings. The predicted molar refractivity (Wildman–Crippen MR) is 96.3 cm³/mol. The van der Waals surface area contributed by atoms with Gasteiger partial charge in [-0.05, 0) is 24.5 Å². The molecule has 0 amide bonds. The van der Waals surface area contributed by atoms with Crippen molar-refractivity contribution >= 4 is 34.4 Å². The lowest BCUT2D eigenvalue weighted by molar-refractivity contribution is -0.393.